The SMILES string of the molecule is Cl.N=C(N)c1ccc2cccnc2n1. The van der Waals surface area contributed by atoms with Crippen LogP contribution in [0.1, 0.15) is 5.69 Å². The largest absolute Gasteiger partial charge is 0.382 e. The Bertz CT molecular complexity index is 469. The molecule has 0 radical (unpaired) electrons. The van der Waals surface area contributed by atoms with Crippen molar-refractivity contribution in [2.24, 2.45) is 5.73 Å². The summed E-state index contributed by atoms with van der Waals surface area (Å²) in [7, 11) is 0. The highest BCUT2D eigenvalue weighted by atomic mass is 35.5. The first-order chi connectivity index (χ1) is 6.27. The van der Waals surface area contributed by atoms with Crippen LogP contribution in [0.25, 0.3) is 11.0 Å². The molecule has 2 rings (SSSR count). The van der Waals surface area contributed by atoms with Crippen molar-refractivity contribution in [3.63, 3.8) is 0 Å². The van der Waals surface area contributed by atoms with E-state index in [4.69, 9.17) is 11.1 Å². The Morgan fingerprint density at radius 2 is 2.07 bits per heavy atom. The first-order valence-corrected chi connectivity index (χ1v) is 3.83. The molecule has 2 heterocycles. The number of fused-ring (bicyclic) bond motifs is 1. The number of pyridine rings is 2. The van der Waals surface area contributed by atoms with Gasteiger partial charge in [0, 0.05) is 11.6 Å². The molecule has 0 aliphatic carbocycles. The molecule has 5 heteroatoms. The molecule has 0 saturated carbocycles. The van der Waals surface area contributed by atoms with Crippen LogP contribution in [0.4, 0.5) is 0 Å². The molecule has 3 N–H and O–H groups in total. The summed E-state index contributed by atoms with van der Waals surface area (Å²) in [5.41, 5.74) is 6.38. The Kier molecular flexibility index (Phi) is 2.99. The van der Waals surface area contributed by atoms with E-state index < -0.39 is 0 Å². The summed E-state index contributed by atoms with van der Waals surface area (Å²) in [5, 5.41) is 8.15. The van der Waals surface area contributed by atoms with E-state index in [1.54, 1.807) is 12.3 Å². The molecule has 4 nitrogen and oxygen atoms in total. The molecule has 0 saturated heterocycles. The highest BCUT2D eigenvalue weighted by Gasteiger charge is 1.99. The minimum absolute atomic E-state index is 0. The maximum absolute atomic E-state index is 7.20. The lowest BCUT2D eigenvalue weighted by Crippen LogP contribution is -2.12. The van der Waals surface area contributed by atoms with E-state index in [2.05, 4.69) is 9.97 Å². The van der Waals surface area contributed by atoms with Gasteiger partial charge in [-0.25, -0.2) is 9.97 Å². The topological polar surface area (TPSA) is 75.7 Å². The van der Waals surface area contributed by atoms with Crippen molar-refractivity contribution in [1.82, 2.24) is 9.97 Å². The number of nitrogens with one attached hydrogen (secondary N) is 1. The molecule has 0 fully saturated rings. The second-order valence-corrected chi connectivity index (χ2v) is 2.66. The van der Waals surface area contributed by atoms with Gasteiger partial charge in [0.25, 0.3) is 0 Å². The van der Waals surface area contributed by atoms with E-state index in [-0.39, 0.29) is 18.2 Å². The Hall–Kier alpha value is -1.68. The highest BCUT2D eigenvalue weighted by Crippen LogP contribution is 2.08. The van der Waals surface area contributed by atoms with Crippen molar-refractivity contribution in [1.29, 1.82) is 5.41 Å². The fourth-order valence-corrected chi connectivity index (χ4v) is 1.10. The number of amidine groups is 1. The summed E-state index contributed by atoms with van der Waals surface area (Å²) in [6, 6.07) is 7.33. The number of halogens is 1. The molecule has 0 unspecified atom stereocenters. The van der Waals surface area contributed by atoms with Gasteiger partial charge in [-0.05, 0) is 24.3 Å². The lowest BCUT2D eigenvalue weighted by Gasteiger charge is -1.98. The molecular weight excluding hydrogens is 200 g/mol. The summed E-state index contributed by atoms with van der Waals surface area (Å²) in [6.45, 7) is 0. The molecule has 0 atom stereocenters. The van der Waals surface area contributed by atoms with Gasteiger partial charge < -0.3 is 5.73 Å². The van der Waals surface area contributed by atoms with Gasteiger partial charge in [-0.2, -0.15) is 0 Å². The lowest BCUT2D eigenvalue weighted by atomic mass is 10.2. The number of rotatable bonds is 1. The normalized spacial score (nSPS) is 9.43. The van der Waals surface area contributed by atoms with E-state index in [0.717, 1.165) is 5.39 Å². The van der Waals surface area contributed by atoms with Crippen molar-refractivity contribution >= 4 is 29.3 Å². The summed E-state index contributed by atoms with van der Waals surface area (Å²) < 4.78 is 0. The Labute approximate surface area is 87.1 Å². The highest BCUT2D eigenvalue weighted by molar-refractivity contribution is 5.94. The summed E-state index contributed by atoms with van der Waals surface area (Å²) in [4.78, 5) is 8.17. The van der Waals surface area contributed by atoms with Gasteiger partial charge in [-0.15, -0.1) is 12.4 Å². The van der Waals surface area contributed by atoms with Crippen molar-refractivity contribution < 1.29 is 0 Å². The molecule has 0 amide bonds. The first kappa shape index (κ1) is 10.4. The predicted molar refractivity (Wildman–Crippen MR) is 57.8 cm³/mol. The van der Waals surface area contributed by atoms with E-state index in [1.807, 2.05) is 18.2 Å². The van der Waals surface area contributed by atoms with Gasteiger partial charge in [0.1, 0.15) is 11.5 Å². The van der Waals surface area contributed by atoms with Gasteiger partial charge >= 0.3 is 0 Å². The summed E-state index contributed by atoms with van der Waals surface area (Å²) in [6.07, 6.45) is 1.67. The van der Waals surface area contributed by atoms with Crippen LogP contribution < -0.4 is 5.73 Å². The van der Waals surface area contributed by atoms with Crippen LogP contribution >= 0.6 is 12.4 Å². The van der Waals surface area contributed by atoms with Crippen LogP contribution in [0.15, 0.2) is 30.5 Å². The molecule has 2 aromatic rings. The number of aromatic nitrogens is 2. The predicted octanol–water partition coefficient (Wildman–Crippen LogP) is 1.34. The minimum atomic E-state index is -0.0347. The van der Waals surface area contributed by atoms with Gasteiger partial charge in [-0.3, -0.25) is 5.41 Å². The molecule has 0 spiro atoms. The van der Waals surface area contributed by atoms with E-state index in [9.17, 15) is 0 Å². The average molecular weight is 209 g/mol. The zero-order valence-electron chi connectivity index (χ0n) is 7.27. The third-order valence-corrected chi connectivity index (χ3v) is 1.74. The van der Waals surface area contributed by atoms with Crippen LogP contribution in [0.3, 0.4) is 0 Å². The molecule has 0 aromatic carbocycles. The Morgan fingerprint density at radius 3 is 2.79 bits per heavy atom. The molecule has 2 aromatic heterocycles. The van der Waals surface area contributed by atoms with Crippen molar-refractivity contribution in [3.05, 3.63) is 36.2 Å². The van der Waals surface area contributed by atoms with Gasteiger partial charge in [0.15, 0.2) is 5.65 Å². The number of hydrogen-bond acceptors (Lipinski definition) is 3. The Balaban J connectivity index is 0.000000980. The number of hydrogen-bond donors (Lipinski definition) is 2. The summed E-state index contributed by atoms with van der Waals surface area (Å²) >= 11 is 0. The zero-order chi connectivity index (χ0) is 9.26. The van der Waals surface area contributed by atoms with Crippen LogP contribution in [0.2, 0.25) is 0 Å². The maximum Gasteiger partial charge on any atom is 0.159 e. The fraction of sp³-hybridized carbons (Fsp3) is 0. The third-order valence-electron chi connectivity index (χ3n) is 1.74. The molecular formula is C9H9ClN4. The van der Waals surface area contributed by atoms with Gasteiger partial charge in [0.05, 0.1) is 0 Å². The third kappa shape index (κ3) is 1.80. The van der Waals surface area contributed by atoms with E-state index in [0.29, 0.717) is 11.3 Å². The molecule has 14 heavy (non-hydrogen) atoms. The zero-order valence-corrected chi connectivity index (χ0v) is 8.08. The standard InChI is InChI=1S/C9H8N4.ClH/c10-8(11)7-4-3-6-2-1-5-12-9(6)13-7;/h1-5H,(H3,10,11);1H. The average Bonchev–Trinajstić information content (AvgIpc) is 2.17. The molecule has 0 bridgehead atoms. The molecule has 72 valence electrons. The van der Waals surface area contributed by atoms with Crippen LogP contribution in [0.5, 0.6) is 0 Å². The van der Waals surface area contributed by atoms with Crippen LogP contribution in [0, 0.1) is 5.41 Å². The lowest BCUT2D eigenvalue weighted by molar-refractivity contribution is 1.24. The maximum atomic E-state index is 7.20. The van der Waals surface area contributed by atoms with Crippen LogP contribution in [-0.4, -0.2) is 15.8 Å². The second-order valence-electron chi connectivity index (χ2n) is 2.66. The number of nitrogens with zero attached hydrogens (tertiary/aromatic N) is 2. The Morgan fingerprint density at radius 1 is 1.29 bits per heavy atom. The first-order valence-electron chi connectivity index (χ1n) is 3.83. The molecule has 0 aliphatic heterocycles. The van der Waals surface area contributed by atoms with Crippen molar-refractivity contribution in [2.75, 3.05) is 0 Å². The molecule has 0 aliphatic rings. The monoisotopic (exact) mass is 208 g/mol. The van der Waals surface area contributed by atoms with Crippen molar-refractivity contribution in [2.45, 2.75) is 0 Å². The van der Waals surface area contributed by atoms with E-state index >= 15 is 0 Å². The van der Waals surface area contributed by atoms with Gasteiger partial charge in [-0.1, -0.05) is 0 Å². The number of nitrogen functional groups attached to an aromatic ring is 1. The van der Waals surface area contributed by atoms with E-state index in [1.165, 1.54) is 0 Å². The minimum Gasteiger partial charge on any atom is -0.382 e. The van der Waals surface area contributed by atoms with Crippen LogP contribution in [-0.2, 0) is 0 Å². The quantitative estimate of drug-likeness (QED) is 0.549. The van der Waals surface area contributed by atoms with Crippen molar-refractivity contribution in [3.8, 4) is 0 Å². The fourth-order valence-electron chi connectivity index (χ4n) is 1.10. The number of nitrogens with two attached hydrogens (primary N) is 1. The van der Waals surface area contributed by atoms with Gasteiger partial charge in [0.2, 0.25) is 0 Å². The smallest absolute Gasteiger partial charge is 0.159 e. The second kappa shape index (κ2) is 4.02. The summed E-state index contributed by atoms with van der Waals surface area (Å²) in [5.74, 6) is -0.0347.